The van der Waals surface area contributed by atoms with Gasteiger partial charge >= 0.3 is 6.09 Å². The molecule has 5 N–H and O–H groups in total. The van der Waals surface area contributed by atoms with Crippen LogP contribution in [0.25, 0.3) is 0 Å². The molecule has 0 fully saturated rings. The highest BCUT2D eigenvalue weighted by molar-refractivity contribution is 5.98. The highest BCUT2D eigenvalue weighted by Crippen LogP contribution is 2.20. The van der Waals surface area contributed by atoms with Crippen LogP contribution in [0.5, 0.6) is 0 Å². The lowest BCUT2D eigenvalue weighted by Crippen LogP contribution is -2.44. The largest absolute Gasteiger partial charge is 0.445 e. The van der Waals surface area contributed by atoms with Crippen LogP contribution in [-0.2, 0) is 25.7 Å². The van der Waals surface area contributed by atoms with E-state index in [0.29, 0.717) is 11.4 Å². The summed E-state index contributed by atoms with van der Waals surface area (Å²) in [5.74, 6) is -1.32. The van der Waals surface area contributed by atoms with E-state index in [0.717, 1.165) is 5.56 Å². The predicted octanol–water partition coefficient (Wildman–Crippen LogP) is 3.17. The molecule has 0 saturated carbocycles. The van der Waals surface area contributed by atoms with Crippen molar-refractivity contribution in [3.8, 4) is 0 Å². The van der Waals surface area contributed by atoms with Crippen molar-refractivity contribution in [1.29, 1.82) is 0 Å². The summed E-state index contributed by atoms with van der Waals surface area (Å²) >= 11 is 0. The minimum atomic E-state index is -1.05. The van der Waals surface area contributed by atoms with E-state index in [1.807, 2.05) is 18.2 Å². The Morgan fingerprint density at radius 1 is 0.939 bits per heavy atom. The van der Waals surface area contributed by atoms with E-state index >= 15 is 0 Å². The van der Waals surface area contributed by atoms with Crippen molar-refractivity contribution in [2.75, 3.05) is 10.6 Å². The molecule has 4 amide bonds. The molecule has 176 valence electrons. The number of hydrogen-bond donors (Lipinski definition) is 4. The number of nitrogens with one attached hydrogen (secondary N) is 3. The lowest BCUT2D eigenvalue weighted by molar-refractivity contribution is -0.123. The van der Waals surface area contributed by atoms with E-state index in [4.69, 9.17) is 10.5 Å². The van der Waals surface area contributed by atoms with E-state index in [2.05, 4.69) is 16.0 Å². The molecule has 0 radical (unpaired) electrons. The van der Waals surface area contributed by atoms with Crippen LogP contribution in [0.1, 0.15) is 39.2 Å². The third-order valence-electron chi connectivity index (χ3n) is 4.57. The molecule has 0 bridgehead atoms. The summed E-state index contributed by atoms with van der Waals surface area (Å²) in [6.07, 6.45) is -0.893. The number of carbonyl (C=O) groups is 4. The fraction of sp³-hybridized carbons (Fsp3) is 0.333. The van der Waals surface area contributed by atoms with E-state index in [1.165, 1.54) is 0 Å². The van der Waals surface area contributed by atoms with E-state index < -0.39 is 29.4 Å². The number of primary amides is 1. The number of benzene rings is 2. The number of rotatable bonds is 9. The van der Waals surface area contributed by atoms with Crippen molar-refractivity contribution in [3.05, 3.63) is 60.2 Å². The Morgan fingerprint density at radius 2 is 1.58 bits per heavy atom. The van der Waals surface area contributed by atoms with Crippen LogP contribution < -0.4 is 21.7 Å². The van der Waals surface area contributed by atoms with Gasteiger partial charge in [0.05, 0.1) is 0 Å². The van der Waals surface area contributed by atoms with Gasteiger partial charge in [0.25, 0.3) is 0 Å². The lowest BCUT2D eigenvalue weighted by atomic mass is 9.95. The third kappa shape index (κ3) is 9.02. The Bertz CT molecular complexity index is 986. The summed E-state index contributed by atoms with van der Waals surface area (Å²) in [5.41, 5.74) is 6.34. The molecule has 9 nitrogen and oxygen atoms in total. The molecule has 1 atom stereocenters. The zero-order valence-electron chi connectivity index (χ0n) is 19.0. The fourth-order valence-electron chi connectivity index (χ4n) is 2.69. The summed E-state index contributed by atoms with van der Waals surface area (Å²) in [6.45, 7) is 5.41. The van der Waals surface area contributed by atoms with Gasteiger partial charge < -0.3 is 26.4 Å². The van der Waals surface area contributed by atoms with E-state index in [-0.39, 0.29) is 25.4 Å². The van der Waals surface area contributed by atoms with Crippen molar-refractivity contribution < 1.29 is 23.9 Å². The maximum Gasteiger partial charge on any atom is 0.408 e. The van der Waals surface area contributed by atoms with Crippen LogP contribution in [0, 0.1) is 5.41 Å². The Labute approximate surface area is 193 Å². The normalized spacial score (nSPS) is 11.7. The summed E-state index contributed by atoms with van der Waals surface area (Å²) in [7, 11) is 0. The van der Waals surface area contributed by atoms with Gasteiger partial charge in [-0.2, -0.15) is 0 Å². The molecule has 0 aliphatic carbocycles. The van der Waals surface area contributed by atoms with Crippen LogP contribution in [0.3, 0.4) is 0 Å². The first kappa shape index (κ1) is 25.4. The van der Waals surface area contributed by atoms with Gasteiger partial charge in [0.2, 0.25) is 17.7 Å². The van der Waals surface area contributed by atoms with Gasteiger partial charge in [0, 0.05) is 23.2 Å². The molecule has 2 rings (SSSR count). The fourth-order valence-corrected chi connectivity index (χ4v) is 2.69. The van der Waals surface area contributed by atoms with Gasteiger partial charge in [-0.15, -0.1) is 0 Å². The second-order valence-electron chi connectivity index (χ2n) is 8.54. The molecule has 0 spiro atoms. The number of ether oxygens (including phenoxy) is 1. The smallest absolute Gasteiger partial charge is 0.408 e. The zero-order chi connectivity index (χ0) is 24.4. The predicted molar refractivity (Wildman–Crippen MR) is 125 cm³/mol. The Balaban J connectivity index is 2.02. The van der Waals surface area contributed by atoms with Gasteiger partial charge in [-0.25, -0.2) is 4.79 Å². The first-order valence-electron chi connectivity index (χ1n) is 10.5. The van der Waals surface area contributed by atoms with Crippen LogP contribution in [0.15, 0.2) is 54.6 Å². The average Bonchev–Trinajstić information content (AvgIpc) is 2.75. The molecule has 0 heterocycles. The molecule has 0 unspecified atom stereocenters. The van der Waals surface area contributed by atoms with Crippen LogP contribution in [0.2, 0.25) is 0 Å². The monoisotopic (exact) mass is 454 g/mol. The second kappa shape index (κ2) is 11.7. The Kier molecular flexibility index (Phi) is 8.97. The molecule has 0 saturated heterocycles. The molecule has 33 heavy (non-hydrogen) atoms. The highest BCUT2D eigenvalue weighted by Gasteiger charge is 2.23. The minimum Gasteiger partial charge on any atom is -0.445 e. The first-order valence-corrected chi connectivity index (χ1v) is 10.5. The van der Waals surface area contributed by atoms with Crippen molar-refractivity contribution in [1.82, 2.24) is 5.32 Å². The number of hydrogen-bond acceptors (Lipinski definition) is 5. The van der Waals surface area contributed by atoms with Gasteiger partial charge in [-0.3, -0.25) is 14.4 Å². The SMILES string of the molecule is CC(C)(C)C(=O)Nc1cccc(NC(=O)[C@H](CCC(N)=O)NC(=O)OCc2ccccc2)c1. The van der Waals surface area contributed by atoms with E-state index in [9.17, 15) is 19.2 Å². The highest BCUT2D eigenvalue weighted by atomic mass is 16.5. The van der Waals surface area contributed by atoms with Crippen LogP contribution in [-0.4, -0.2) is 29.9 Å². The van der Waals surface area contributed by atoms with E-state index in [1.54, 1.807) is 57.2 Å². The second-order valence-corrected chi connectivity index (χ2v) is 8.54. The quantitative estimate of drug-likeness (QED) is 0.461. The Hall–Kier alpha value is -3.88. The van der Waals surface area contributed by atoms with Crippen LogP contribution in [0.4, 0.5) is 16.2 Å². The van der Waals surface area contributed by atoms with Gasteiger partial charge in [-0.1, -0.05) is 57.2 Å². The average molecular weight is 455 g/mol. The molecule has 0 aliphatic rings. The number of alkyl carbamates (subject to hydrolysis) is 1. The summed E-state index contributed by atoms with van der Waals surface area (Å²) in [4.78, 5) is 48.4. The molecule has 0 aromatic heterocycles. The molecule has 0 aliphatic heterocycles. The maximum absolute atomic E-state index is 12.8. The minimum absolute atomic E-state index is 0.00204. The number of carbonyl (C=O) groups excluding carboxylic acids is 4. The molecular weight excluding hydrogens is 424 g/mol. The molecule has 9 heteroatoms. The molecule has 2 aromatic carbocycles. The molecular formula is C24H30N4O5. The van der Waals surface area contributed by atoms with Gasteiger partial charge in [0.15, 0.2) is 0 Å². The lowest BCUT2D eigenvalue weighted by Gasteiger charge is -2.19. The van der Waals surface area contributed by atoms with Crippen molar-refractivity contribution in [2.45, 2.75) is 46.3 Å². The van der Waals surface area contributed by atoms with Crippen molar-refractivity contribution in [2.24, 2.45) is 11.1 Å². The maximum atomic E-state index is 12.8. The molecule has 2 aromatic rings. The number of nitrogens with two attached hydrogens (primary N) is 1. The first-order chi connectivity index (χ1) is 15.5. The summed E-state index contributed by atoms with van der Waals surface area (Å²) < 4.78 is 5.17. The van der Waals surface area contributed by atoms with Crippen molar-refractivity contribution in [3.63, 3.8) is 0 Å². The van der Waals surface area contributed by atoms with Gasteiger partial charge in [0.1, 0.15) is 12.6 Å². The Morgan fingerprint density at radius 3 is 2.18 bits per heavy atom. The summed E-state index contributed by atoms with van der Waals surface area (Å²) in [6, 6.07) is 14.6. The standard InChI is InChI=1S/C24H30N4O5/c1-24(2,3)22(31)27-18-11-7-10-17(14-18)26-21(30)19(12-13-20(25)29)28-23(32)33-15-16-8-5-4-6-9-16/h4-11,14,19H,12-13,15H2,1-3H3,(H2,25,29)(H,26,30)(H,27,31)(H,28,32)/t19-/m0/s1. The van der Waals surface area contributed by atoms with Crippen molar-refractivity contribution >= 4 is 35.2 Å². The van der Waals surface area contributed by atoms with Gasteiger partial charge in [-0.05, 0) is 30.2 Å². The number of amides is 4. The number of anilines is 2. The van der Waals surface area contributed by atoms with Crippen LogP contribution >= 0.6 is 0 Å². The zero-order valence-corrected chi connectivity index (χ0v) is 19.0. The summed E-state index contributed by atoms with van der Waals surface area (Å²) in [5, 5.41) is 7.95. The third-order valence-corrected chi connectivity index (χ3v) is 4.57. The topological polar surface area (TPSA) is 140 Å².